The highest BCUT2D eigenvalue weighted by Gasteiger charge is 1.77. The zero-order chi connectivity index (χ0) is 5.70. The molecule has 0 fully saturated rings. The molecule has 0 aromatic heterocycles. The molecule has 0 aromatic rings. The minimum absolute atomic E-state index is 0.154. The Morgan fingerprint density at radius 2 is 2.29 bits per heavy atom. The van der Waals surface area contributed by atoms with Crippen LogP contribution in [0.15, 0.2) is 10.6 Å². The average Bonchev–Trinajstić information content (AvgIpc) is 1.61. The fourth-order valence-electron chi connectivity index (χ4n) is 0.123. The van der Waals surface area contributed by atoms with Crippen LogP contribution in [-0.4, -0.2) is 0 Å². The van der Waals surface area contributed by atoms with Crippen LogP contribution in [0.1, 0.15) is 6.42 Å². The molecule has 0 aliphatic carbocycles. The molecule has 0 aliphatic rings. The van der Waals surface area contributed by atoms with Crippen LogP contribution in [0, 0.1) is 11.3 Å². The van der Waals surface area contributed by atoms with E-state index in [2.05, 4.69) is 0 Å². The van der Waals surface area contributed by atoms with Crippen molar-refractivity contribution in [3.8, 4) is 6.07 Å². The summed E-state index contributed by atoms with van der Waals surface area (Å²) in [4.78, 5) is 0. The quantitative estimate of drug-likeness (QED) is 0.542. The molecule has 0 rings (SSSR count). The van der Waals surface area contributed by atoms with Gasteiger partial charge < -0.3 is 0 Å². The number of nitrogens with zero attached hydrogens (tertiary/aromatic N) is 1. The lowest BCUT2D eigenvalue weighted by atomic mass is 10.5. The second kappa shape index (κ2) is 3.98. The number of nitriles is 1. The van der Waals surface area contributed by atoms with E-state index in [9.17, 15) is 0 Å². The Kier molecular flexibility index (Phi) is 3.87. The molecule has 0 spiro atoms. The molecule has 0 aliphatic heterocycles. The van der Waals surface area contributed by atoms with Crippen LogP contribution in [0.25, 0.3) is 0 Å². The van der Waals surface area contributed by atoms with Crippen LogP contribution in [-0.2, 0) is 0 Å². The smallest absolute Gasteiger partial charge is 0.103 e. The maximum atomic E-state index is 7.90. The van der Waals surface area contributed by atoms with E-state index in [1.807, 2.05) is 6.07 Å². The van der Waals surface area contributed by atoms with Crippen LogP contribution >= 0.6 is 23.2 Å². The normalized spacial score (nSPS) is 7.00. The first-order valence-corrected chi connectivity index (χ1v) is 2.41. The lowest BCUT2D eigenvalue weighted by Crippen LogP contribution is -1.54. The van der Waals surface area contributed by atoms with Gasteiger partial charge in [0.2, 0.25) is 0 Å². The van der Waals surface area contributed by atoms with Crippen molar-refractivity contribution in [2.75, 3.05) is 0 Å². The van der Waals surface area contributed by atoms with Gasteiger partial charge in [0.25, 0.3) is 0 Å². The highest BCUT2D eigenvalue weighted by molar-refractivity contribution is 6.55. The summed E-state index contributed by atoms with van der Waals surface area (Å²) >= 11 is 10.3. The van der Waals surface area contributed by atoms with Crippen molar-refractivity contribution in [2.45, 2.75) is 6.42 Å². The summed E-state index contributed by atoms with van der Waals surface area (Å²) in [5.74, 6) is 0. The second-order valence-electron chi connectivity index (χ2n) is 0.856. The summed E-state index contributed by atoms with van der Waals surface area (Å²) in [5, 5.41) is 7.90. The monoisotopic (exact) mass is 135 g/mol. The van der Waals surface area contributed by atoms with Crippen LogP contribution in [0.3, 0.4) is 0 Å². The van der Waals surface area contributed by atoms with Crippen molar-refractivity contribution in [3.05, 3.63) is 10.6 Å². The highest BCUT2D eigenvalue weighted by Crippen LogP contribution is 2.05. The number of halogens is 2. The van der Waals surface area contributed by atoms with Crippen molar-refractivity contribution < 1.29 is 0 Å². The molecule has 0 saturated carbocycles. The van der Waals surface area contributed by atoms with Crippen LogP contribution in [0.4, 0.5) is 0 Å². The summed E-state index contributed by atoms with van der Waals surface area (Å²) < 4.78 is 0.154. The summed E-state index contributed by atoms with van der Waals surface area (Å²) in [7, 11) is 0. The van der Waals surface area contributed by atoms with E-state index in [4.69, 9.17) is 28.5 Å². The second-order valence-corrected chi connectivity index (χ2v) is 1.86. The predicted molar refractivity (Wildman–Crippen MR) is 30.0 cm³/mol. The zero-order valence-electron chi connectivity index (χ0n) is 3.49. The number of hydrogen-bond acceptors (Lipinski definition) is 1. The molecule has 1 nitrogen and oxygen atoms in total. The fraction of sp³-hybridized carbons (Fsp3) is 0.250. The van der Waals surface area contributed by atoms with Crippen molar-refractivity contribution in [1.82, 2.24) is 0 Å². The van der Waals surface area contributed by atoms with Gasteiger partial charge in [-0.05, 0) is 6.08 Å². The molecule has 0 heterocycles. The summed E-state index contributed by atoms with van der Waals surface area (Å²) in [6.45, 7) is 0. The molecule has 3 heteroatoms. The van der Waals surface area contributed by atoms with Crippen LogP contribution < -0.4 is 0 Å². The van der Waals surface area contributed by atoms with Gasteiger partial charge in [0, 0.05) is 0 Å². The van der Waals surface area contributed by atoms with Gasteiger partial charge in [0.15, 0.2) is 0 Å². The SMILES string of the molecule is N#CCC=C(Cl)Cl. The van der Waals surface area contributed by atoms with Crippen molar-refractivity contribution in [3.63, 3.8) is 0 Å². The number of rotatable bonds is 1. The standard InChI is InChI=1S/C4H3Cl2N/c5-4(6)2-1-3-7/h2H,1H2. The van der Waals surface area contributed by atoms with Gasteiger partial charge in [-0.25, -0.2) is 0 Å². The summed E-state index contributed by atoms with van der Waals surface area (Å²) in [5.41, 5.74) is 0. The van der Waals surface area contributed by atoms with E-state index in [1.165, 1.54) is 6.08 Å². The van der Waals surface area contributed by atoms with E-state index in [1.54, 1.807) is 0 Å². The van der Waals surface area contributed by atoms with Crippen LogP contribution in [0.5, 0.6) is 0 Å². The molecule has 38 valence electrons. The molecular formula is C4H3Cl2N. The first-order valence-electron chi connectivity index (χ1n) is 1.65. The van der Waals surface area contributed by atoms with E-state index in [0.29, 0.717) is 0 Å². The molecule has 0 unspecified atom stereocenters. The first kappa shape index (κ1) is 6.81. The largest absolute Gasteiger partial charge is 0.198 e. The van der Waals surface area contributed by atoms with E-state index in [-0.39, 0.29) is 10.9 Å². The van der Waals surface area contributed by atoms with Gasteiger partial charge >= 0.3 is 0 Å². The maximum absolute atomic E-state index is 7.90. The Hall–Kier alpha value is -0.190. The molecule has 0 amide bonds. The van der Waals surface area contributed by atoms with Crippen LogP contribution in [0.2, 0.25) is 0 Å². The van der Waals surface area contributed by atoms with Gasteiger partial charge in [-0.15, -0.1) is 0 Å². The molecule has 0 saturated heterocycles. The van der Waals surface area contributed by atoms with E-state index in [0.717, 1.165) is 0 Å². The lowest BCUT2D eigenvalue weighted by Gasteiger charge is -1.72. The Balaban J connectivity index is 3.32. The Morgan fingerprint density at radius 1 is 1.71 bits per heavy atom. The number of hydrogen-bond donors (Lipinski definition) is 0. The van der Waals surface area contributed by atoms with Gasteiger partial charge in [0.1, 0.15) is 4.49 Å². The Bertz CT molecular complexity index is 107. The van der Waals surface area contributed by atoms with Gasteiger partial charge in [0.05, 0.1) is 12.5 Å². The predicted octanol–water partition coefficient (Wildman–Crippen LogP) is 2.22. The fourth-order valence-corrected chi connectivity index (χ4v) is 0.277. The molecular weight excluding hydrogens is 133 g/mol. The number of allylic oxidation sites excluding steroid dienone is 1. The highest BCUT2D eigenvalue weighted by atomic mass is 35.5. The molecule has 0 atom stereocenters. The third-order valence-corrected chi connectivity index (χ3v) is 0.656. The first-order chi connectivity index (χ1) is 3.27. The minimum Gasteiger partial charge on any atom is -0.198 e. The Labute approximate surface area is 52.1 Å². The van der Waals surface area contributed by atoms with E-state index >= 15 is 0 Å². The van der Waals surface area contributed by atoms with Crippen molar-refractivity contribution in [1.29, 1.82) is 5.26 Å². The topological polar surface area (TPSA) is 23.8 Å². The average molecular weight is 136 g/mol. The molecule has 7 heavy (non-hydrogen) atoms. The molecule has 0 radical (unpaired) electrons. The third kappa shape index (κ3) is 5.81. The minimum atomic E-state index is 0.154. The zero-order valence-corrected chi connectivity index (χ0v) is 5.00. The molecule has 0 aromatic carbocycles. The van der Waals surface area contributed by atoms with Crippen molar-refractivity contribution in [2.24, 2.45) is 0 Å². The van der Waals surface area contributed by atoms with Gasteiger partial charge in [-0.1, -0.05) is 23.2 Å². The lowest BCUT2D eigenvalue weighted by molar-refractivity contribution is 1.36. The summed E-state index contributed by atoms with van der Waals surface area (Å²) in [6.07, 6.45) is 1.71. The molecule has 0 bridgehead atoms. The third-order valence-electron chi connectivity index (χ3n) is 0.348. The van der Waals surface area contributed by atoms with Gasteiger partial charge in [-0.2, -0.15) is 5.26 Å². The van der Waals surface area contributed by atoms with E-state index < -0.39 is 0 Å². The molecule has 0 N–H and O–H groups in total. The Morgan fingerprint density at radius 3 is 2.43 bits per heavy atom. The van der Waals surface area contributed by atoms with Crippen molar-refractivity contribution >= 4 is 23.2 Å². The maximum Gasteiger partial charge on any atom is 0.103 e. The van der Waals surface area contributed by atoms with Gasteiger partial charge in [-0.3, -0.25) is 0 Å². The summed E-state index contributed by atoms with van der Waals surface area (Å²) in [6, 6.07) is 1.85.